The number of hydrogen-bond acceptors (Lipinski definition) is 3. The lowest BCUT2D eigenvalue weighted by molar-refractivity contribution is 0.298. The second-order valence-electron chi connectivity index (χ2n) is 7.63. The van der Waals surface area contributed by atoms with Crippen molar-refractivity contribution in [3.05, 3.63) is 57.1 Å². The smallest absolute Gasteiger partial charge is 0.362 e. The molecule has 6 heteroatoms. The van der Waals surface area contributed by atoms with Crippen LogP contribution in [0.15, 0.2) is 18.2 Å². The average Bonchev–Trinajstić information content (AvgIpc) is 2.63. The summed E-state index contributed by atoms with van der Waals surface area (Å²) in [5.41, 5.74) is 7.18. The molecule has 2 aromatic rings. The summed E-state index contributed by atoms with van der Waals surface area (Å²) in [4.78, 5) is 18.3. The van der Waals surface area contributed by atoms with Crippen molar-refractivity contribution in [1.29, 1.82) is 0 Å². The Morgan fingerprint density at radius 2 is 1.61 bits per heavy atom. The summed E-state index contributed by atoms with van der Waals surface area (Å²) in [6, 6.07) is 5.78. The Kier molecular flexibility index (Phi) is 6.97. The Morgan fingerprint density at radius 3 is 2.11 bits per heavy atom. The second kappa shape index (κ2) is 8.69. The number of aromatic hydroxyl groups is 1. The zero-order valence-electron chi connectivity index (χ0n) is 17.5. The maximum atomic E-state index is 11.2. The summed E-state index contributed by atoms with van der Waals surface area (Å²) in [7, 11) is -4.24. The van der Waals surface area contributed by atoms with Crippen LogP contribution in [0.25, 0.3) is 0 Å². The highest BCUT2D eigenvalue weighted by Gasteiger charge is 2.20. The van der Waals surface area contributed by atoms with Crippen LogP contribution in [0, 0.1) is 27.7 Å². The first-order valence-electron chi connectivity index (χ1n) is 9.54. The summed E-state index contributed by atoms with van der Waals surface area (Å²) in [6.07, 6.45) is 1.06. The number of rotatable bonds is 7. The summed E-state index contributed by atoms with van der Waals surface area (Å²) >= 11 is 0. The first-order valence-corrected chi connectivity index (χ1v) is 11.3. The van der Waals surface area contributed by atoms with E-state index in [9.17, 15) is 9.67 Å². The molecule has 1 atom stereocenters. The van der Waals surface area contributed by atoms with Crippen molar-refractivity contribution >= 4 is 7.60 Å². The monoisotopic (exact) mass is 406 g/mol. The van der Waals surface area contributed by atoms with Crippen LogP contribution in [-0.2, 0) is 11.0 Å². The Bertz CT molecular complexity index is 885. The molecule has 5 nitrogen and oxygen atoms in total. The largest absolute Gasteiger partial charge is 0.508 e. The van der Waals surface area contributed by atoms with Crippen LogP contribution in [-0.4, -0.2) is 21.2 Å². The standard InChI is InChI=1S/C22H31O5P/c1-7-13(2)19-10-18(8-9-21(19)23)11-20-14(3)16(5)22(17(6)15(20)4)27-12-28(24,25)26/h8-10,13,23H,7,11-12H2,1-6H3,(H2,24,25,26). The van der Waals surface area contributed by atoms with Crippen molar-refractivity contribution in [1.82, 2.24) is 0 Å². The molecule has 0 bridgehead atoms. The van der Waals surface area contributed by atoms with Gasteiger partial charge in [-0.15, -0.1) is 0 Å². The predicted octanol–water partition coefficient (Wildman–Crippen LogP) is 5.24. The molecule has 2 rings (SSSR count). The quantitative estimate of drug-likeness (QED) is 0.547. The fraction of sp³-hybridized carbons (Fsp3) is 0.455. The highest BCUT2D eigenvalue weighted by atomic mass is 31.2. The first kappa shape index (κ1) is 22.5. The molecule has 0 amide bonds. The zero-order chi connectivity index (χ0) is 21.2. The van der Waals surface area contributed by atoms with Crippen molar-refractivity contribution in [2.75, 3.05) is 6.35 Å². The van der Waals surface area contributed by atoms with Crippen LogP contribution in [0.2, 0.25) is 0 Å². The molecule has 28 heavy (non-hydrogen) atoms. The van der Waals surface area contributed by atoms with Crippen LogP contribution in [0.3, 0.4) is 0 Å². The molecule has 3 N–H and O–H groups in total. The van der Waals surface area contributed by atoms with Crippen LogP contribution >= 0.6 is 7.60 Å². The normalized spacial score (nSPS) is 12.9. The van der Waals surface area contributed by atoms with Gasteiger partial charge in [0.05, 0.1) is 0 Å². The van der Waals surface area contributed by atoms with E-state index in [4.69, 9.17) is 14.5 Å². The molecule has 1 unspecified atom stereocenters. The minimum Gasteiger partial charge on any atom is -0.508 e. The van der Waals surface area contributed by atoms with Crippen molar-refractivity contribution in [2.24, 2.45) is 0 Å². The van der Waals surface area contributed by atoms with Crippen LogP contribution in [0.5, 0.6) is 11.5 Å². The number of phenolic OH excluding ortho intramolecular Hbond substituents is 1. The number of phenols is 1. The van der Waals surface area contributed by atoms with Gasteiger partial charge in [-0.3, -0.25) is 4.57 Å². The molecule has 2 aromatic carbocycles. The minimum atomic E-state index is -4.24. The maximum absolute atomic E-state index is 11.2. The van der Waals surface area contributed by atoms with Gasteiger partial charge >= 0.3 is 7.60 Å². The van der Waals surface area contributed by atoms with Crippen LogP contribution in [0.4, 0.5) is 0 Å². The van der Waals surface area contributed by atoms with E-state index in [1.807, 2.05) is 33.8 Å². The molecule has 0 saturated heterocycles. The molecule has 0 aliphatic rings. The predicted molar refractivity (Wildman–Crippen MR) is 113 cm³/mol. The van der Waals surface area contributed by atoms with Gasteiger partial charge < -0.3 is 19.6 Å². The van der Waals surface area contributed by atoms with E-state index >= 15 is 0 Å². The summed E-state index contributed by atoms with van der Waals surface area (Å²) in [5.74, 6) is 1.17. The molecule has 154 valence electrons. The van der Waals surface area contributed by atoms with Crippen LogP contribution < -0.4 is 4.74 Å². The Labute approximate surface area is 167 Å². The van der Waals surface area contributed by atoms with Gasteiger partial charge in [0.2, 0.25) is 0 Å². The Balaban J connectivity index is 2.44. The first-order chi connectivity index (χ1) is 13.0. The van der Waals surface area contributed by atoms with E-state index in [1.54, 1.807) is 6.07 Å². The van der Waals surface area contributed by atoms with Gasteiger partial charge in [0.25, 0.3) is 0 Å². The Morgan fingerprint density at radius 1 is 1.04 bits per heavy atom. The molecule has 0 spiro atoms. The summed E-state index contributed by atoms with van der Waals surface area (Å²) in [6.45, 7) is 12.1. The second-order valence-corrected chi connectivity index (χ2v) is 9.21. The number of hydrogen-bond donors (Lipinski definition) is 3. The van der Waals surface area contributed by atoms with Gasteiger partial charge in [-0.05, 0) is 91.5 Å². The molecule has 0 radical (unpaired) electrons. The maximum Gasteiger partial charge on any atom is 0.362 e. The molecular weight excluding hydrogens is 375 g/mol. The lowest BCUT2D eigenvalue weighted by atomic mass is 9.88. The molecular formula is C22H31O5P. The van der Waals surface area contributed by atoms with Crippen molar-refractivity contribution < 1.29 is 24.2 Å². The highest BCUT2D eigenvalue weighted by Crippen LogP contribution is 2.39. The fourth-order valence-electron chi connectivity index (χ4n) is 3.52. The van der Waals surface area contributed by atoms with Gasteiger partial charge in [-0.25, -0.2) is 0 Å². The van der Waals surface area contributed by atoms with E-state index in [0.717, 1.165) is 46.2 Å². The van der Waals surface area contributed by atoms with E-state index in [2.05, 4.69) is 19.9 Å². The molecule has 0 aliphatic carbocycles. The topological polar surface area (TPSA) is 87.0 Å². The van der Waals surface area contributed by atoms with Crippen molar-refractivity contribution in [3.8, 4) is 11.5 Å². The van der Waals surface area contributed by atoms with E-state index < -0.39 is 13.9 Å². The lowest BCUT2D eigenvalue weighted by Gasteiger charge is -2.21. The third-order valence-electron chi connectivity index (χ3n) is 5.70. The minimum absolute atomic E-state index is 0.286. The zero-order valence-corrected chi connectivity index (χ0v) is 18.4. The molecule has 0 aromatic heterocycles. The van der Waals surface area contributed by atoms with Gasteiger partial charge in [-0.2, -0.15) is 0 Å². The molecule has 0 fully saturated rings. The van der Waals surface area contributed by atoms with Crippen molar-refractivity contribution in [2.45, 2.75) is 60.3 Å². The fourth-order valence-corrected chi connectivity index (χ4v) is 3.82. The molecule has 0 aliphatic heterocycles. The summed E-state index contributed by atoms with van der Waals surface area (Å²) in [5, 5.41) is 10.2. The third-order valence-corrected chi connectivity index (χ3v) is 6.17. The van der Waals surface area contributed by atoms with E-state index in [-0.39, 0.29) is 5.92 Å². The summed E-state index contributed by atoms with van der Waals surface area (Å²) < 4.78 is 16.7. The molecule has 0 saturated carbocycles. The average molecular weight is 406 g/mol. The number of benzene rings is 2. The van der Waals surface area contributed by atoms with Crippen molar-refractivity contribution in [3.63, 3.8) is 0 Å². The van der Waals surface area contributed by atoms with E-state index in [0.29, 0.717) is 11.5 Å². The van der Waals surface area contributed by atoms with Crippen LogP contribution in [0.1, 0.15) is 65.1 Å². The number of ether oxygens (including phenoxy) is 1. The Hall–Kier alpha value is -1.81. The lowest BCUT2D eigenvalue weighted by Crippen LogP contribution is -2.07. The molecule has 0 heterocycles. The van der Waals surface area contributed by atoms with Gasteiger partial charge in [-0.1, -0.05) is 26.0 Å². The van der Waals surface area contributed by atoms with Gasteiger partial charge in [0.15, 0.2) is 6.35 Å². The SMILES string of the molecule is CCC(C)c1cc(Cc2c(C)c(C)c(OCP(=O)(O)O)c(C)c2C)ccc1O. The van der Waals surface area contributed by atoms with E-state index in [1.165, 1.54) is 5.56 Å². The highest BCUT2D eigenvalue weighted by molar-refractivity contribution is 7.51. The third kappa shape index (κ3) is 4.96. The van der Waals surface area contributed by atoms with Gasteiger partial charge in [0, 0.05) is 0 Å². The van der Waals surface area contributed by atoms with Gasteiger partial charge in [0.1, 0.15) is 11.5 Å².